The van der Waals surface area contributed by atoms with Gasteiger partial charge in [0.2, 0.25) is 0 Å². The first kappa shape index (κ1) is 18.8. The van der Waals surface area contributed by atoms with Gasteiger partial charge in [-0.05, 0) is 37.7 Å². The van der Waals surface area contributed by atoms with Crippen LogP contribution in [0.15, 0.2) is 6.33 Å². The molecule has 0 spiro atoms. The van der Waals surface area contributed by atoms with Crippen LogP contribution in [-0.4, -0.2) is 29.4 Å². The molecule has 5 rings (SSSR count). The van der Waals surface area contributed by atoms with E-state index in [4.69, 9.17) is 11.6 Å². The van der Waals surface area contributed by atoms with Gasteiger partial charge in [0.25, 0.3) is 0 Å². The van der Waals surface area contributed by atoms with E-state index in [2.05, 4.69) is 27.1 Å². The highest BCUT2D eigenvalue weighted by atomic mass is 35.5. The zero-order chi connectivity index (χ0) is 20.5. The number of thiophene rings is 1. The Morgan fingerprint density at radius 2 is 2.10 bits per heavy atom. The molecule has 6 nitrogen and oxygen atoms in total. The number of rotatable bonds is 2. The smallest absolute Gasteiger partial charge is 0.260 e. The van der Waals surface area contributed by atoms with Crippen molar-refractivity contribution in [2.45, 2.75) is 45.8 Å². The zero-order valence-electron chi connectivity index (χ0n) is 15.6. The molecule has 0 unspecified atom stereocenters. The number of aryl methyl sites for hydroxylation is 1. The first-order valence-electron chi connectivity index (χ1n) is 9.17. The van der Waals surface area contributed by atoms with E-state index < -0.39 is 16.9 Å². The minimum absolute atomic E-state index is 0.00579. The highest BCUT2D eigenvalue weighted by molar-refractivity contribution is 7.19. The fraction of sp³-hybridized carbons (Fsp3) is 0.444. The Kier molecular flexibility index (Phi) is 4.15. The van der Waals surface area contributed by atoms with Gasteiger partial charge >= 0.3 is 6.18 Å². The third kappa shape index (κ3) is 3.00. The van der Waals surface area contributed by atoms with Crippen molar-refractivity contribution in [3.8, 4) is 0 Å². The van der Waals surface area contributed by atoms with Gasteiger partial charge in [0.15, 0.2) is 17.2 Å². The van der Waals surface area contributed by atoms with Gasteiger partial charge in [0, 0.05) is 4.88 Å². The highest BCUT2D eigenvalue weighted by Gasteiger charge is 2.38. The zero-order valence-corrected chi connectivity index (χ0v) is 17.2. The van der Waals surface area contributed by atoms with E-state index in [-0.39, 0.29) is 12.2 Å². The van der Waals surface area contributed by atoms with Crippen LogP contribution in [0.3, 0.4) is 0 Å². The van der Waals surface area contributed by atoms with Crippen molar-refractivity contribution in [1.82, 2.24) is 29.4 Å². The summed E-state index contributed by atoms with van der Waals surface area (Å²) in [5, 5.41) is 8.65. The second-order valence-corrected chi connectivity index (χ2v) is 8.94. The lowest BCUT2D eigenvalue weighted by Gasteiger charge is -2.17. The number of hydrogen-bond acceptors (Lipinski definition) is 5. The molecule has 1 aliphatic carbocycles. The monoisotopic (exact) mass is 440 g/mol. The fourth-order valence-corrected chi connectivity index (χ4v) is 5.43. The molecule has 0 N–H and O–H groups in total. The fourth-order valence-electron chi connectivity index (χ4n) is 3.84. The molecule has 1 atom stereocenters. The van der Waals surface area contributed by atoms with Gasteiger partial charge in [-0.25, -0.2) is 14.5 Å². The Balaban J connectivity index is 1.58. The molecule has 0 radical (unpaired) electrons. The first-order chi connectivity index (χ1) is 13.7. The van der Waals surface area contributed by atoms with E-state index in [1.54, 1.807) is 22.2 Å². The van der Waals surface area contributed by atoms with Crippen molar-refractivity contribution in [2.24, 2.45) is 5.92 Å². The number of nitrogens with zero attached hydrogens (tertiary/aromatic N) is 6. The van der Waals surface area contributed by atoms with E-state index >= 15 is 0 Å². The molecule has 0 saturated heterocycles. The van der Waals surface area contributed by atoms with Crippen LogP contribution in [0.2, 0.25) is 5.02 Å². The van der Waals surface area contributed by atoms with Gasteiger partial charge in [-0.2, -0.15) is 18.3 Å². The van der Waals surface area contributed by atoms with Crippen molar-refractivity contribution in [3.63, 3.8) is 0 Å². The molecule has 29 heavy (non-hydrogen) atoms. The van der Waals surface area contributed by atoms with E-state index in [1.807, 2.05) is 0 Å². The maximum atomic E-state index is 13.1. The van der Waals surface area contributed by atoms with E-state index in [9.17, 15) is 13.2 Å². The van der Waals surface area contributed by atoms with Gasteiger partial charge in [0.1, 0.15) is 17.7 Å². The number of halogens is 4. The Bertz CT molecular complexity index is 1250. The molecule has 4 aromatic rings. The van der Waals surface area contributed by atoms with Crippen molar-refractivity contribution in [1.29, 1.82) is 0 Å². The summed E-state index contributed by atoms with van der Waals surface area (Å²) in [5.74, 6) is 1.01. The predicted octanol–water partition coefficient (Wildman–Crippen LogP) is 4.69. The molecule has 0 aromatic carbocycles. The van der Waals surface area contributed by atoms with Crippen molar-refractivity contribution in [2.75, 3.05) is 0 Å². The average molecular weight is 441 g/mol. The van der Waals surface area contributed by atoms with Gasteiger partial charge in [-0.3, -0.25) is 4.68 Å². The third-order valence-electron chi connectivity index (χ3n) is 5.37. The van der Waals surface area contributed by atoms with E-state index in [0.29, 0.717) is 17.4 Å². The Morgan fingerprint density at radius 3 is 2.83 bits per heavy atom. The van der Waals surface area contributed by atoms with Crippen LogP contribution in [0.5, 0.6) is 0 Å². The molecule has 0 saturated carbocycles. The van der Waals surface area contributed by atoms with Crippen molar-refractivity contribution >= 4 is 38.8 Å². The summed E-state index contributed by atoms with van der Waals surface area (Å²) in [5.41, 5.74) is 1.09. The SMILES string of the molecule is Cc1c(Cl)c(C(F)(F)F)nn1Cc1nc2c3c4c(sc3ncn2n1)C[C@@H](C)CC4. The minimum Gasteiger partial charge on any atom is -0.260 e. The molecule has 1 aliphatic rings. The van der Waals surface area contributed by atoms with Gasteiger partial charge in [0.05, 0.1) is 16.1 Å². The molecule has 4 aromatic heterocycles. The summed E-state index contributed by atoms with van der Waals surface area (Å²) in [4.78, 5) is 11.4. The van der Waals surface area contributed by atoms with Gasteiger partial charge in [-0.15, -0.1) is 16.4 Å². The lowest BCUT2D eigenvalue weighted by Crippen LogP contribution is -2.10. The number of hydrogen-bond donors (Lipinski definition) is 0. The molecular formula is C18H16ClF3N6S. The number of alkyl halides is 3. The third-order valence-corrected chi connectivity index (χ3v) is 6.98. The molecule has 0 fully saturated rings. The number of fused-ring (bicyclic) bond motifs is 5. The molecular weight excluding hydrogens is 425 g/mol. The van der Waals surface area contributed by atoms with Crippen molar-refractivity contribution < 1.29 is 13.2 Å². The van der Waals surface area contributed by atoms with Crippen LogP contribution in [0.4, 0.5) is 13.2 Å². The van der Waals surface area contributed by atoms with E-state index in [0.717, 1.165) is 29.5 Å². The molecule has 11 heteroatoms. The van der Waals surface area contributed by atoms with Crippen LogP contribution >= 0.6 is 22.9 Å². The minimum atomic E-state index is -4.61. The maximum absolute atomic E-state index is 13.1. The van der Waals surface area contributed by atoms with E-state index in [1.165, 1.54) is 22.0 Å². The molecule has 0 aliphatic heterocycles. The lowest BCUT2D eigenvalue weighted by molar-refractivity contribution is -0.141. The maximum Gasteiger partial charge on any atom is 0.436 e. The predicted molar refractivity (Wildman–Crippen MR) is 103 cm³/mol. The number of aromatic nitrogens is 6. The normalized spacial score (nSPS) is 17.4. The summed E-state index contributed by atoms with van der Waals surface area (Å²) in [6, 6.07) is 0. The molecule has 0 bridgehead atoms. The van der Waals surface area contributed by atoms with Crippen LogP contribution in [0.1, 0.15) is 41.0 Å². The summed E-state index contributed by atoms with van der Waals surface area (Å²) >= 11 is 7.53. The summed E-state index contributed by atoms with van der Waals surface area (Å²) < 4.78 is 42.0. The standard InChI is InChI=1S/C18H16ClF3N6S/c1-8-3-4-10-11(5-8)29-17-13(10)16-24-12(25-28(16)7-23-17)6-27-9(2)14(19)15(26-27)18(20,21)22/h7-8H,3-6H2,1-2H3/t8-/m0/s1. The van der Waals surface area contributed by atoms with Crippen LogP contribution < -0.4 is 0 Å². The summed E-state index contributed by atoms with van der Waals surface area (Å²) in [7, 11) is 0. The molecule has 4 heterocycles. The van der Waals surface area contributed by atoms with Crippen LogP contribution in [0.25, 0.3) is 15.9 Å². The first-order valence-corrected chi connectivity index (χ1v) is 10.4. The van der Waals surface area contributed by atoms with Crippen LogP contribution in [-0.2, 0) is 25.6 Å². The lowest BCUT2D eigenvalue weighted by atomic mass is 9.89. The Hall–Kier alpha value is -2.20. The Morgan fingerprint density at radius 1 is 1.31 bits per heavy atom. The quantitative estimate of drug-likeness (QED) is 0.453. The Labute approximate surface area is 172 Å². The topological polar surface area (TPSA) is 60.9 Å². The van der Waals surface area contributed by atoms with Crippen LogP contribution in [0, 0.1) is 12.8 Å². The summed E-state index contributed by atoms with van der Waals surface area (Å²) in [6.45, 7) is 3.74. The molecule has 0 amide bonds. The van der Waals surface area contributed by atoms with Crippen molar-refractivity contribution in [3.05, 3.63) is 39.0 Å². The van der Waals surface area contributed by atoms with Gasteiger partial charge < -0.3 is 0 Å². The molecule has 152 valence electrons. The second-order valence-electron chi connectivity index (χ2n) is 7.48. The largest absolute Gasteiger partial charge is 0.436 e. The second kappa shape index (κ2) is 6.40. The highest BCUT2D eigenvalue weighted by Crippen LogP contribution is 2.39. The summed E-state index contributed by atoms with van der Waals surface area (Å²) in [6.07, 6.45) is 0.121. The van der Waals surface area contributed by atoms with Gasteiger partial charge in [-0.1, -0.05) is 18.5 Å². The average Bonchev–Trinajstić information content (AvgIpc) is 3.29.